The van der Waals surface area contributed by atoms with E-state index in [4.69, 9.17) is 0 Å². The maximum absolute atomic E-state index is 11.4. The molecule has 0 N–H and O–H groups in total. The SMILES string of the molecule is COC(=O)/C(=N/OS(C)(=O)=O)c1ccccc1. The molecule has 0 spiro atoms. The number of hydrogen-bond acceptors (Lipinski definition) is 6. The van der Waals surface area contributed by atoms with E-state index in [-0.39, 0.29) is 5.71 Å². The summed E-state index contributed by atoms with van der Waals surface area (Å²) in [6.45, 7) is 0. The fraction of sp³-hybridized carbons (Fsp3) is 0.200. The predicted molar refractivity (Wildman–Crippen MR) is 60.9 cm³/mol. The summed E-state index contributed by atoms with van der Waals surface area (Å²) in [5, 5.41) is 3.29. The Balaban J connectivity index is 3.10. The second kappa shape index (κ2) is 5.44. The largest absolute Gasteiger partial charge is 0.464 e. The molecule has 0 aromatic heterocycles. The number of hydrogen-bond donors (Lipinski definition) is 0. The zero-order chi connectivity index (χ0) is 12.9. The summed E-state index contributed by atoms with van der Waals surface area (Å²) < 4.78 is 30.3. The molecule has 92 valence electrons. The first-order valence-electron chi connectivity index (χ1n) is 4.54. The normalized spacial score (nSPS) is 12.0. The van der Waals surface area contributed by atoms with Gasteiger partial charge in [0, 0.05) is 5.56 Å². The average Bonchev–Trinajstić information content (AvgIpc) is 2.29. The maximum atomic E-state index is 11.4. The van der Waals surface area contributed by atoms with Crippen LogP contribution in [0, 0.1) is 0 Å². The van der Waals surface area contributed by atoms with Crippen molar-refractivity contribution in [2.24, 2.45) is 5.16 Å². The van der Waals surface area contributed by atoms with Crippen LogP contribution in [0.5, 0.6) is 0 Å². The number of rotatable bonds is 4. The first-order valence-corrected chi connectivity index (χ1v) is 6.36. The summed E-state index contributed by atoms with van der Waals surface area (Å²) in [7, 11) is -2.60. The number of benzene rings is 1. The van der Waals surface area contributed by atoms with Crippen LogP contribution in [0.25, 0.3) is 0 Å². The molecule has 0 radical (unpaired) electrons. The third-order valence-corrected chi connectivity index (χ3v) is 2.04. The van der Waals surface area contributed by atoms with Gasteiger partial charge < -0.3 is 4.74 Å². The van der Waals surface area contributed by atoms with Crippen LogP contribution in [-0.4, -0.2) is 33.5 Å². The predicted octanol–water partition coefficient (Wildman–Crippen LogP) is 0.540. The van der Waals surface area contributed by atoms with Gasteiger partial charge >= 0.3 is 16.1 Å². The summed E-state index contributed by atoms with van der Waals surface area (Å²) >= 11 is 0. The lowest BCUT2D eigenvalue weighted by Crippen LogP contribution is -2.18. The fourth-order valence-electron chi connectivity index (χ4n) is 1.01. The van der Waals surface area contributed by atoms with E-state index in [1.54, 1.807) is 30.3 Å². The van der Waals surface area contributed by atoms with E-state index in [0.717, 1.165) is 6.26 Å². The lowest BCUT2D eigenvalue weighted by atomic mass is 10.1. The van der Waals surface area contributed by atoms with Crippen LogP contribution in [0.15, 0.2) is 35.5 Å². The molecule has 0 aliphatic rings. The van der Waals surface area contributed by atoms with Crippen molar-refractivity contribution >= 4 is 21.8 Å². The molecule has 0 amide bonds. The molecule has 0 fully saturated rings. The first kappa shape index (κ1) is 13.2. The van der Waals surface area contributed by atoms with Gasteiger partial charge in [-0.1, -0.05) is 35.5 Å². The van der Waals surface area contributed by atoms with Crippen molar-refractivity contribution in [3.63, 3.8) is 0 Å². The number of nitrogens with zero attached hydrogens (tertiary/aromatic N) is 1. The highest BCUT2D eigenvalue weighted by molar-refractivity contribution is 7.85. The Kier molecular flexibility index (Phi) is 4.22. The Morgan fingerprint density at radius 3 is 2.29 bits per heavy atom. The molecule has 0 aliphatic heterocycles. The smallest absolute Gasteiger partial charge is 0.360 e. The summed E-state index contributed by atoms with van der Waals surface area (Å²) in [5.41, 5.74) is 0.196. The summed E-state index contributed by atoms with van der Waals surface area (Å²) in [6.07, 6.45) is 0.830. The van der Waals surface area contributed by atoms with Crippen LogP contribution in [0.1, 0.15) is 5.56 Å². The molecule has 7 heteroatoms. The van der Waals surface area contributed by atoms with Gasteiger partial charge in [0.2, 0.25) is 0 Å². The van der Waals surface area contributed by atoms with Gasteiger partial charge in [-0.05, 0) is 0 Å². The molecule has 1 rings (SSSR count). The Labute approximate surface area is 99.0 Å². The van der Waals surface area contributed by atoms with Crippen LogP contribution < -0.4 is 0 Å². The zero-order valence-corrected chi connectivity index (χ0v) is 10.1. The highest BCUT2D eigenvalue weighted by atomic mass is 32.2. The van der Waals surface area contributed by atoms with Gasteiger partial charge in [-0.2, -0.15) is 8.42 Å². The van der Waals surface area contributed by atoms with Crippen LogP contribution in [0.3, 0.4) is 0 Å². The standard InChI is InChI=1S/C10H11NO5S/c1-15-10(12)9(11-16-17(2,13)14)8-6-4-3-5-7-8/h3-7H,1-2H3/b11-9+. The van der Waals surface area contributed by atoms with E-state index in [2.05, 4.69) is 14.2 Å². The monoisotopic (exact) mass is 257 g/mol. The molecule has 0 saturated carbocycles. The Hall–Kier alpha value is -1.89. The van der Waals surface area contributed by atoms with E-state index >= 15 is 0 Å². The third kappa shape index (κ3) is 4.23. The van der Waals surface area contributed by atoms with Gasteiger partial charge in [-0.25, -0.2) is 4.79 Å². The number of carbonyl (C=O) groups excluding carboxylic acids is 1. The van der Waals surface area contributed by atoms with Gasteiger partial charge in [-0.15, -0.1) is 0 Å². The minimum Gasteiger partial charge on any atom is -0.464 e. The lowest BCUT2D eigenvalue weighted by molar-refractivity contribution is -0.132. The molecule has 0 unspecified atom stereocenters. The van der Waals surface area contributed by atoms with Crippen molar-refractivity contribution in [3.05, 3.63) is 35.9 Å². The minimum absolute atomic E-state index is 0.210. The molecule has 0 atom stereocenters. The van der Waals surface area contributed by atoms with Crippen LogP contribution in [0.4, 0.5) is 0 Å². The molecular weight excluding hydrogens is 246 g/mol. The van der Waals surface area contributed by atoms with E-state index in [9.17, 15) is 13.2 Å². The third-order valence-electron chi connectivity index (χ3n) is 1.69. The fourth-order valence-corrected chi connectivity index (χ4v) is 1.22. The van der Waals surface area contributed by atoms with Crippen LogP contribution in [-0.2, 0) is 23.9 Å². The second-order valence-electron chi connectivity index (χ2n) is 3.08. The number of carbonyl (C=O) groups is 1. The first-order chi connectivity index (χ1) is 7.94. The van der Waals surface area contributed by atoms with Gasteiger partial charge in [0.1, 0.15) is 0 Å². The Bertz CT molecular complexity index is 521. The van der Waals surface area contributed by atoms with E-state index < -0.39 is 16.1 Å². The molecule has 0 saturated heterocycles. The van der Waals surface area contributed by atoms with Crippen molar-refractivity contribution in [1.29, 1.82) is 0 Å². The van der Waals surface area contributed by atoms with Gasteiger partial charge in [0.05, 0.1) is 13.4 Å². The van der Waals surface area contributed by atoms with Crippen molar-refractivity contribution in [2.45, 2.75) is 0 Å². The van der Waals surface area contributed by atoms with Crippen molar-refractivity contribution in [2.75, 3.05) is 13.4 Å². The van der Waals surface area contributed by atoms with Crippen molar-refractivity contribution < 1.29 is 22.2 Å². The molecule has 0 heterocycles. The molecule has 6 nitrogen and oxygen atoms in total. The molecule has 1 aromatic carbocycles. The number of ether oxygens (including phenoxy) is 1. The minimum atomic E-state index is -3.76. The summed E-state index contributed by atoms with van der Waals surface area (Å²) in [6, 6.07) is 8.26. The molecule has 0 bridgehead atoms. The summed E-state index contributed by atoms with van der Waals surface area (Å²) in [4.78, 5) is 11.4. The van der Waals surface area contributed by atoms with Crippen LogP contribution in [0.2, 0.25) is 0 Å². The molecule has 17 heavy (non-hydrogen) atoms. The number of oxime groups is 1. The molecule has 1 aromatic rings. The second-order valence-corrected chi connectivity index (χ2v) is 4.63. The van der Waals surface area contributed by atoms with Gasteiger partial charge in [0.25, 0.3) is 0 Å². The topological polar surface area (TPSA) is 82.0 Å². The Morgan fingerprint density at radius 2 is 1.82 bits per heavy atom. The highest BCUT2D eigenvalue weighted by Crippen LogP contribution is 2.04. The summed E-state index contributed by atoms with van der Waals surface area (Å²) in [5.74, 6) is -0.778. The van der Waals surface area contributed by atoms with Gasteiger partial charge in [0.15, 0.2) is 5.71 Å². The maximum Gasteiger partial charge on any atom is 0.360 e. The average molecular weight is 257 g/mol. The van der Waals surface area contributed by atoms with Crippen LogP contribution >= 0.6 is 0 Å². The molecular formula is C10H11NO5S. The van der Waals surface area contributed by atoms with E-state index in [0.29, 0.717) is 5.56 Å². The van der Waals surface area contributed by atoms with E-state index in [1.807, 2.05) is 0 Å². The number of esters is 1. The van der Waals surface area contributed by atoms with Crippen molar-refractivity contribution in [1.82, 2.24) is 0 Å². The van der Waals surface area contributed by atoms with Crippen molar-refractivity contribution in [3.8, 4) is 0 Å². The zero-order valence-electron chi connectivity index (χ0n) is 9.28. The quantitative estimate of drug-likeness (QED) is 0.446. The number of methoxy groups -OCH3 is 1. The highest BCUT2D eigenvalue weighted by Gasteiger charge is 2.16. The lowest BCUT2D eigenvalue weighted by Gasteiger charge is -2.03. The Morgan fingerprint density at radius 1 is 1.24 bits per heavy atom. The van der Waals surface area contributed by atoms with E-state index in [1.165, 1.54) is 7.11 Å². The molecule has 0 aliphatic carbocycles. The van der Waals surface area contributed by atoms with Gasteiger partial charge in [-0.3, -0.25) is 4.28 Å².